The SMILES string of the molecule is O=C(c1ccccc1)c1cccc(NC(=O)c2cc(=O)[nH]c3ccccc23)c1. The molecule has 1 aromatic heterocycles. The summed E-state index contributed by atoms with van der Waals surface area (Å²) in [4.78, 5) is 40.0. The summed E-state index contributed by atoms with van der Waals surface area (Å²) < 4.78 is 0. The number of benzene rings is 3. The van der Waals surface area contributed by atoms with Gasteiger partial charge in [-0.15, -0.1) is 0 Å². The second kappa shape index (κ2) is 7.32. The number of aromatic nitrogens is 1. The van der Waals surface area contributed by atoms with Gasteiger partial charge in [-0.05, 0) is 18.2 Å². The molecule has 5 nitrogen and oxygen atoms in total. The summed E-state index contributed by atoms with van der Waals surface area (Å²) in [5, 5.41) is 3.43. The number of para-hydroxylation sites is 1. The molecule has 0 fully saturated rings. The first-order valence-corrected chi connectivity index (χ1v) is 8.75. The van der Waals surface area contributed by atoms with Gasteiger partial charge in [-0.25, -0.2) is 0 Å². The quantitative estimate of drug-likeness (QED) is 0.534. The van der Waals surface area contributed by atoms with Crippen molar-refractivity contribution in [2.24, 2.45) is 0 Å². The first-order valence-electron chi connectivity index (χ1n) is 8.75. The lowest BCUT2D eigenvalue weighted by Crippen LogP contribution is -2.17. The number of nitrogens with one attached hydrogen (secondary N) is 2. The Labute approximate surface area is 160 Å². The number of hydrogen-bond acceptors (Lipinski definition) is 3. The number of rotatable bonds is 4. The summed E-state index contributed by atoms with van der Waals surface area (Å²) in [5.74, 6) is -0.537. The Hall–Kier alpha value is -3.99. The lowest BCUT2D eigenvalue weighted by atomic mass is 10.0. The highest BCUT2D eigenvalue weighted by Crippen LogP contribution is 2.19. The summed E-state index contributed by atoms with van der Waals surface area (Å²) in [6.07, 6.45) is 0. The Balaban J connectivity index is 1.65. The minimum atomic E-state index is -0.411. The van der Waals surface area contributed by atoms with E-state index in [0.29, 0.717) is 27.7 Å². The van der Waals surface area contributed by atoms with Crippen molar-refractivity contribution in [2.75, 3.05) is 5.32 Å². The van der Waals surface area contributed by atoms with Crippen molar-refractivity contribution in [3.8, 4) is 0 Å². The Bertz CT molecular complexity index is 1240. The molecule has 0 radical (unpaired) electrons. The third-order valence-corrected chi connectivity index (χ3v) is 4.41. The lowest BCUT2D eigenvalue weighted by molar-refractivity contribution is 0.102. The van der Waals surface area contributed by atoms with Crippen LogP contribution < -0.4 is 10.9 Å². The van der Waals surface area contributed by atoms with Crippen LogP contribution in [0, 0.1) is 0 Å². The van der Waals surface area contributed by atoms with E-state index < -0.39 is 5.91 Å². The fourth-order valence-electron chi connectivity index (χ4n) is 3.09. The minimum Gasteiger partial charge on any atom is -0.322 e. The van der Waals surface area contributed by atoms with Gasteiger partial charge in [-0.1, -0.05) is 60.7 Å². The molecule has 0 aliphatic heterocycles. The van der Waals surface area contributed by atoms with Crippen LogP contribution in [0.4, 0.5) is 5.69 Å². The van der Waals surface area contributed by atoms with Crippen LogP contribution in [-0.4, -0.2) is 16.7 Å². The van der Waals surface area contributed by atoms with Crippen LogP contribution >= 0.6 is 0 Å². The fraction of sp³-hybridized carbons (Fsp3) is 0. The molecule has 1 heterocycles. The molecule has 0 saturated heterocycles. The molecule has 0 spiro atoms. The van der Waals surface area contributed by atoms with Crippen molar-refractivity contribution >= 4 is 28.3 Å². The zero-order valence-corrected chi connectivity index (χ0v) is 14.8. The number of carbonyl (C=O) groups is 2. The van der Waals surface area contributed by atoms with Gasteiger partial charge in [0.05, 0.1) is 5.56 Å². The molecule has 1 amide bonds. The molecule has 0 aliphatic rings. The standard InChI is InChI=1S/C23H16N2O3/c26-21-14-19(18-11-4-5-12-20(18)25-21)23(28)24-17-10-6-9-16(13-17)22(27)15-7-2-1-3-8-15/h1-14H,(H,24,28)(H,25,26). The van der Waals surface area contributed by atoms with Crippen molar-refractivity contribution in [1.29, 1.82) is 0 Å². The number of aromatic amines is 1. The van der Waals surface area contributed by atoms with E-state index >= 15 is 0 Å². The van der Waals surface area contributed by atoms with Gasteiger partial charge in [-0.3, -0.25) is 14.4 Å². The highest BCUT2D eigenvalue weighted by Gasteiger charge is 2.14. The van der Waals surface area contributed by atoms with Crippen molar-refractivity contribution in [3.05, 3.63) is 112 Å². The fourth-order valence-corrected chi connectivity index (χ4v) is 3.09. The molecule has 4 aromatic rings. The van der Waals surface area contributed by atoms with Crippen LogP contribution in [0.15, 0.2) is 89.7 Å². The van der Waals surface area contributed by atoms with Gasteiger partial charge < -0.3 is 10.3 Å². The maximum Gasteiger partial charge on any atom is 0.256 e. The first-order chi connectivity index (χ1) is 13.6. The van der Waals surface area contributed by atoms with Gasteiger partial charge in [0.15, 0.2) is 5.78 Å². The van der Waals surface area contributed by atoms with Gasteiger partial charge in [0.1, 0.15) is 0 Å². The van der Waals surface area contributed by atoms with Crippen LogP contribution in [0.5, 0.6) is 0 Å². The Morgan fingerprint density at radius 3 is 2.29 bits per heavy atom. The number of carbonyl (C=O) groups excluding carboxylic acids is 2. The molecule has 0 atom stereocenters. The average molecular weight is 368 g/mol. The number of H-pyrrole nitrogens is 1. The van der Waals surface area contributed by atoms with Crippen molar-refractivity contribution in [2.45, 2.75) is 0 Å². The maximum absolute atomic E-state index is 12.8. The second-order valence-corrected chi connectivity index (χ2v) is 6.32. The molecule has 3 aromatic carbocycles. The normalized spacial score (nSPS) is 10.6. The number of ketones is 1. The molecule has 136 valence electrons. The molecule has 0 unspecified atom stereocenters. The van der Waals surface area contributed by atoms with Gasteiger partial charge in [0, 0.05) is 33.8 Å². The third-order valence-electron chi connectivity index (χ3n) is 4.41. The number of pyridine rings is 1. The largest absolute Gasteiger partial charge is 0.322 e. The molecule has 2 N–H and O–H groups in total. The van der Waals surface area contributed by atoms with Crippen molar-refractivity contribution in [3.63, 3.8) is 0 Å². The summed E-state index contributed by atoms with van der Waals surface area (Å²) in [6.45, 7) is 0. The molecular formula is C23H16N2O3. The zero-order chi connectivity index (χ0) is 19.5. The van der Waals surface area contributed by atoms with Crippen LogP contribution in [-0.2, 0) is 0 Å². The molecular weight excluding hydrogens is 352 g/mol. The number of anilines is 1. The summed E-state index contributed by atoms with van der Waals surface area (Å²) in [5.41, 5.74) is 2.05. The van der Waals surface area contributed by atoms with E-state index in [2.05, 4.69) is 10.3 Å². The van der Waals surface area contributed by atoms with Crippen molar-refractivity contribution < 1.29 is 9.59 Å². The summed E-state index contributed by atoms with van der Waals surface area (Å²) >= 11 is 0. The van der Waals surface area contributed by atoms with Gasteiger partial charge >= 0.3 is 0 Å². The molecule has 0 saturated carbocycles. The highest BCUT2D eigenvalue weighted by molar-refractivity contribution is 6.13. The maximum atomic E-state index is 12.8. The topological polar surface area (TPSA) is 79.0 Å². The average Bonchev–Trinajstić information content (AvgIpc) is 2.73. The van der Waals surface area contributed by atoms with E-state index in [9.17, 15) is 14.4 Å². The van der Waals surface area contributed by atoms with Crippen LogP contribution in [0.25, 0.3) is 10.9 Å². The molecule has 0 aliphatic carbocycles. The van der Waals surface area contributed by atoms with E-state index in [1.807, 2.05) is 6.07 Å². The summed E-state index contributed by atoms with van der Waals surface area (Å²) in [7, 11) is 0. The third kappa shape index (κ3) is 3.46. The first kappa shape index (κ1) is 17.4. The predicted octanol–water partition coefficient (Wildman–Crippen LogP) is 4.01. The van der Waals surface area contributed by atoms with Gasteiger partial charge in [0.25, 0.3) is 5.91 Å². The molecule has 4 rings (SSSR count). The Kier molecular flexibility index (Phi) is 4.56. The number of amides is 1. The van der Waals surface area contributed by atoms with Crippen molar-refractivity contribution in [1.82, 2.24) is 4.98 Å². The van der Waals surface area contributed by atoms with E-state index in [4.69, 9.17) is 0 Å². The van der Waals surface area contributed by atoms with E-state index in [0.717, 1.165) is 0 Å². The summed E-state index contributed by atoms with van der Waals surface area (Å²) in [6, 6.07) is 24.1. The highest BCUT2D eigenvalue weighted by atomic mass is 16.2. The monoisotopic (exact) mass is 368 g/mol. The van der Waals surface area contributed by atoms with E-state index in [1.54, 1.807) is 72.8 Å². The molecule has 5 heteroatoms. The zero-order valence-electron chi connectivity index (χ0n) is 14.8. The smallest absolute Gasteiger partial charge is 0.256 e. The van der Waals surface area contributed by atoms with Gasteiger partial charge in [0.2, 0.25) is 5.56 Å². The number of fused-ring (bicyclic) bond motifs is 1. The second-order valence-electron chi connectivity index (χ2n) is 6.32. The van der Waals surface area contributed by atoms with Crippen LogP contribution in [0.2, 0.25) is 0 Å². The Morgan fingerprint density at radius 2 is 1.46 bits per heavy atom. The van der Waals surface area contributed by atoms with Gasteiger partial charge in [-0.2, -0.15) is 0 Å². The van der Waals surface area contributed by atoms with Crippen LogP contribution in [0.3, 0.4) is 0 Å². The Morgan fingerprint density at radius 1 is 0.750 bits per heavy atom. The van der Waals surface area contributed by atoms with Crippen LogP contribution in [0.1, 0.15) is 26.3 Å². The lowest BCUT2D eigenvalue weighted by Gasteiger charge is -2.09. The predicted molar refractivity (Wildman–Crippen MR) is 109 cm³/mol. The molecule has 0 bridgehead atoms. The van der Waals surface area contributed by atoms with E-state index in [1.165, 1.54) is 6.07 Å². The molecule has 28 heavy (non-hydrogen) atoms. The number of hydrogen-bond donors (Lipinski definition) is 2. The van der Waals surface area contributed by atoms with E-state index in [-0.39, 0.29) is 16.9 Å². The minimum absolute atomic E-state index is 0.127.